The number of rotatable bonds is 5. The van der Waals surface area contributed by atoms with Crippen molar-refractivity contribution in [2.45, 2.75) is 24.6 Å². The Morgan fingerprint density at radius 3 is 2.79 bits per heavy atom. The number of H-pyrrole nitrogens is 1. The standard InChI is InChI=1S/C14H18ClN3S/c1-14(2,9-15)18-11-6-4-3-5-10(11)12(19)13-16-7-8-17-13/h3-8,12,18-19H,9H2,1-2H3,(H,16,17). The number of nitrogens with zero attached hydrogens (tertiary/aromatic N) is 1. The average Bonchev–Trinajstić information content (AvgIpc) is 2.92. The van der Waals surface area contributed by atoms with Gasteiger partial charge in [0.1, 0.15) is 5.82 Å². The highest BCUT2D eigenvalue weighted by Crippen LogP contribution is 2.32. The zero-order valence-corrected chi connectivity index (χ0v) is 12.7. The van der Waals surface area contributed by atoms with Crippen LogP contribution in [0.1, 0.15) is 30.5 Å². The minimum Gasteiger partial charge on any atom is -0.379 e. The lowest BCUT2D eigenvalue weighted by Crippen LogP contribution is -2.33. The van der Waals surface area contributed by atoms with Crippen LogP contribution in [0.2, 0.25) is 0 Å². The number of alkyl halides is 1. The zero-order valence-electron chi connectivity index (χ0n) is 11.0. The molecular weight excluding hydrogens is 278 g/mol. The van der Waals surface area contributed by atoms with E-state index in [1.165, 1.54) is 0 Å². The van der Waals surface area contributed by atoms with Crippen molar-refractivity contribution in [3.8, 4) is 0 Å². The van der Waals surface area contributed by atoms with E-state index >= 15 is 0 Å². The second-order valence-electron chi connectivity index (χ2n) is 5.11. The van der Waals surface area contributed by atoms with Gasteiger partial charge >= 0.3 is 0 Å². The highest BCUT2D eigenvalue weighted by Gasteiger charge is 2.20. The molecule has 0 bridgehead atoms. The number of nitrogens with one attached hydrogen (secondary N) is 2. The predicted octanol–water partition coefficient (Wildman–Crippen LogP) is 3.86. The Balaban J connectivity index is 2.31. The molecule has 1 heterocycles. The third-order valence-electron chi connectivity index (χ3n) is 2.84. The largest absolute Gasteiger partial charge is 0.379 e. The molecule has 0 aliphatic carbocycles. The molecule has 102 valence electrons. The summed E-state index contributed by atoms with van der Waals surface area (Å²) >= 11 is 10.6. The van der Waals surface area contributed by atoms with Crippen LogP contribution in [0.15, 0.2) is 36.7 Å². The highest BCUT2D eigenvalue weighted by molar-refractivity contribution is 7.80. The Bertz CT molecular complexity index is 525. The molecule has 3 nitrogen and oxygen atoms in total. The number of imidazole rings is 1. The first-order valence-electron chi connectivity index (χ1n) is 6.14. The molecule has 1 unspecified atom stereocenters. The fraction of sp³-hybridized carbons (Fsp3) is 0.357. The Labute approximate surface area is 124 Å². The minimum absolute atomic E-state index is 0.0928. The van der Waals surface area contributed by atoms with E-state index < -0.39 is 0 Å². The molecule has 1 aromatic carbocycles. The molecule has 0 aliphatic heterocycles. The van der Waals surface area contributed by atoms with E-state index in [-0.39, 0.29) is 10.8 Å². The van der Waals surface area contributed by atoms with Gasteiger partial charge in [-0.25, -0.2) is 4.98 Å². The summed E-state index contributed by atoms with van der Waals surface area (Å²) in [6.45, 7) is 4.13. The lowest BCUT2D eigenvalue weighted by Gasteiger charge is -2.27. The SMILES string of the molecule is CC(C)(CCl)Nc1ccccc1C(S)c1ncc[nH]1. The van der Waals surface area contributed by atoms with E-state index in [0.29, 0.717) is 5.88 Å². The first-order chi connectivity index (χ1) is 9.03. The van der Waals surface area contributed by atoms with Crippen molar-refractivity contribution in [3.05, 3.63) is 48.0 Å². The summed E-state index contributed by atoms with van der Waals surface area (Å²) in [5, 5.41) is 3.36. The van der Waals surface area contributed by atoms with Gasteiger partial charge in [-0.15, -0.1) is 11.6 Å². The van der Waals surface area contributed by atoms with E-state index in [9.17, 15) is 0 Å². The summed E-state index contributed by atoms with van der Waals surface area (Å²) in [6.07, 6.45) is 3.54. The molecular formula is C14H18ClN3S. The number of halogens is 1. The first-order valence-corrected chi connectivity index (χ1v) is 7.19. The van der Waals surface area contributed by atoms with Crippen LogP contribution >= 0.6 is 24.2 Å². The summed E-state index contributed by atoms with van der Waals surface area (Å²) in [5.74, 6) is 1.36. The van der Waals surface area contributed by atoms with Gasteiger partial charge in [0.15, 0.2) is 0 Å². The van der Waals surface area contributed by atoms with Crippen molar-refractivity contribution in [1.82, 2.24) is 9.97 Å². The van der Waals surface area contributed by atoms with Gasteiger partial charge in [0.05, 0.1) is 5.25 Å². The summed E-state index contributed by atoms with van der Waals surface area (Å²) in [6, 6.07) is 8.09. The summed E-state index contributed by atoms with van der Waals surface area (Å²) in [7, 11) is 0. The molecule has 2 N–H and O–H groups in total. The van der Waals surface area contributed by atoms with Gasteiger partial charge in [0.25, 0.3) is 0 Å². The van der Waals surface area contributed by atoms with Gasteiger partial charge in [-0.2, -0.15) is 12.6 Å². The van der Waals surface area contributed by atoms with Gasteiger partial charge < -0.3 is 10.3 Å². The molecule has 0 amide bonds. The van der Waals surface area contributed by atoms with Crippen LogP contribution in [-0.2, 0) is 0 Å². The normalized spacial score (nSPS) is 13.3. The lowest BCUT2D eigenvalue weighted by atomic mass is 10.0. The van der Waals surface area contributed by atoms with Crippen molar-refractivity contribution in [1.29, 1.82) is 0 Å². The lowest BCUT2D eigenvalue weighted by molar-refractivity contribution is 0.640. The third-order valence-corrected chi connectivity index (χ3v) is 4.03. The number of hydrogen-bond donors (Lipinski definition) is 3. The van der Waals surface area contributed by atoms with Crippen molar-refractivity contribution in [2.75, 3.05) is 11.2 Å². The maximum absolute atomic E-state index is 5.97. The Morgan fingerprint density at radius 2 is 2.16 bits per heavy atom. The fourth-order valence-corrected chi connectivity index (χ4v) is 2.25. The molecule has 5 heteroatoms. The fourth-order valence-electron chi connectivity index (χ4n) is 1.82. The number of hydrogen-bond acceptors (Lipinski definition) is 3. The number of anilines is 1. The van der Waals surface area contributed by atoms with Crippen LogP contribution in [0.5, 0.6) is 0 Å². The summed E-state index contributed by atoms with van der Waals surface area (Å²) < 4.78 is 0. The van der Waals surface area contributed by atoms with Crippen molar-refractivity contribution in [2.24, 2.45) is 0 Å². The molecule has 0 saturated carbocycles. The van der Waals surface area contributed by atoms with Crippen LogP contribution < -0.4 is 5.32 Å². The number of thiol groups is 1. The summed E-state index contributed by atoms with van der Waals surface area (Å²) in [5.41, 5.74) is 1.94. The molecule has 0 aliphatic rings. The first kappa shape index (κ1) is 14.3. The van der Waals surface area contributed by atoms with Crippen LogP contribution in [0.4, 0.5) is 5.69 Å². The highest BCUT2D eigenvalue weighted by atomic mass is 35.5. The van der Waals surface area contributed by atoms with E-state index in [0.717, 1.165) is 17.1 Å². The van der Waals surface area contributed by atoms with Gasteiger partial charge in [0, 0.05) is 29.5 Å². The third kappa shape index (κ3) is 3.45. The Morgan fingerprint density at radius 1 is 1.42 bits per heavy atom. The maximum Gasteiger partial charge on any atom is 0.123 e. The van der Waals surface area contributed by atoms with Gasteiger partial charge in [-0.05, 0) is 25.5 Å². The average molecular weight is 296 g/mol. The molecule has 2 aromatic rings. The smallest absolute Gasteiger partial charge is 0.123 e. The van der Waals surface area contributed by atoms with Gasteiger partial charge in [-0.1, -0.05) is 18.2 Å². The van der Waals surface area contributed by atoms with Crippen LogP contribution in [0.3, 0.4) is 0 Å². The molecule has 0 saturated heterocycles. The number of para-hydroxylation sites is 1. The van der Waals surface area contributed by atoms with E-state index in [2.05, 4.69) is 41.8 Å². The molecule has 1 atom stereocenters. The summed E-state index contributed by atoms with van der Waals surface area (Å²) in [4.78, 5) is 7.36. The molecule has 2 rings (SSSR count). The van der Waals surface area contributed by atoms with Gasteiger partial charge in [0.2, 0.25) is 0 Å². The maximum atomic E-state index is 5.97. The topological polar surface area (TPSA) is 40.7 Å². The van der Waals surface area contributed by atoms with E-state index in [1.807, 2.05) is 24.3 Å². The number of aromatic nitrogens is 2. The van der Waals surface area contributed by atoms with Crippen LogP contribution in [0, 0.1) is 0 Å². The number of benzene rings is 1. The number of aromatic amines is 1. The van der Waals surface area contributed by atoms with Crippen molar-refractivity contribution < 1.29 is 0 Å². The molecule has 19 heavy (non-hydrogen) atoms. The van der Waals surface area contributed by atoms with Gasteiger partial charge in [-0.3, -0.25) is 0 Å². The molecule has 1 aromatic heterocycles. The second kappa shape index (κ2) is 5.88. The molecule has 0 spiro atoms. The molecule has 0 radical (unpaired) electrons. The second-order valence-corrected chi connectivity index (χ2v) is 5.89. The minimum atomic E-state index is -0.172. The van der Waals surface area contributed by atoms with Crippen LogP contribution in [-0.4, -0.2) is 21.4 Å². The van der Waals surface area contributed by atoms with Crippen molar-refractivity contribution in [3.63, 3.8) is 0 Å². The zero-order chi connectivity index (χ0) is 13.9. The molecule has 0 fully saturated rings. The monoisotopic (exact) mass is 295 g/mol. The van der Waals surface area contributed by atoms with Crippen molar-refractivity contribution >= 4 is 29.9 Å². The Kier molecular flexibility index (Phi) is 4.42. The quantitative estimate of drug-likeness (QED) is 0.579. The van der Waals surface area contributed by atoms with E-state index in [4.69, 9.17) is 11.6 Å². The van der Waals surface area contributed by atoms with Crippen LogP contribution in [0.25, 0.3) is 0 Å². The predicted molar refractivity (Wildman–Crippen MR) is 84.3 cm³/mol. The van der Waals surface area contributed by atoms with E-state index in [1.54, 1.807) is 12.4 Å². The Hall–Kier alpha value is -1.13.